The molecule has 8 heteroatoms. The number of nitrogens with one attached hydrogen (secondary N) is 1. The molecule has 0 spiro atoms. The van der Waals surface area contributed by atoms with Crippen molar-refractivity contribution in [3.05, 3.63) is 34.9 Å². The molecule has 0 aromatic heterocycles. The standard InChI is InChI=1S/C15H18ClN3O4/c1-2-23-15(22)19-9-7-18(8-10-19)14(21)17-13(20)11-3-5-12(16)6-4-11/h3-6H,2,7-10H2,1H3,(H,17,20,21). The number of carbonyl (C=O) groups excluding carboxylic acids is 3. The second-order valence-corrected chi connectivity index (χ2v) is 5.38. The average molecular weight is 340 g/mol. The predicted octanol–water partition coefficient (Wildman–Crippen LogP) is 1.96. The van der Waals surface area contributed by atoms with Crippen molar-refractivity contribution in [3.63, 3.8) is 0 Å². The lowest BCUT2D eigenvalue weighted by molar-refractivity contribution is 0.0820. The molecular formula is C15H18ClN3O4. The van der Waals surface area contributed by atoms with E-state index in [4.69, 9.17) is 16.3 Å². The van der Waals surface area contributed by atoms with Crippen molar-refractivity contribution in [3.8, 4) is 0 Å². The van der Waals surface area contributed by atoms with Gasteiger partial charge in [0.15, 0.2) is 0 Å². The van der Waals surface area contributed by atoms with E-state index < -0.39 is 11.9 Å². The summed E-state index contributed by atoms with van der Waals surface area (Å²) in [6.45, 7) is 3.50. The van der Waals surface area contributed by atoms with E-state index in [2.05, 4.69) is 5.32 Å². The third kappa shape index (κ3) is 4.59. The first kappa shape index (κ1) is 17.1. The molecule has 124 valence electrons. The molecule has 1 heterocycles. The summed E-state index contributed by atoms with van der Waals surface area (Å²) in [6, 6.07) is 5.78. The van der Waals surface area contributed by atoms with Crippen LogP contribution in [0.2, 0.25) is 5.02 Å². The van der Waals surface area contributed by atoms with Crippen LogP contribution in [-0.4, -0.2) is 60.6 Å². The third-order valence-corrected chi connectivity index (χ3v) is 3.67. The fraction of sp³-hybridized carbons (Fsp3) is 0.400. The van der Waals surface area contributed by atoms with E-state index in [1.165, 1.54) is 9.80 Å². The molecule has 23 heavy (non-hydrogen) atoms. The Bertz CT molecular complexity index is 583. The van der Waals surface area contributed by atoms with Gasteiger partial charge in [-0.05, 0) is 31.2 Å². The molecule has 0 saturated carbocycles. The topological polar surface area (TPSA) is 79.0 Å². The van der Waals surface area contributed by atoms with E-state index in [0.29, 0.717) is 43.4 Å². The van der Waals surface area contributed by atoms with Crippen molar-refractivity contribution in [2.75, 3.05) is 32.8 Å². The minimum atomic E-state index is -0.487. The number of amides is 4. The zero-order valence-electron chi connectivity index (χ0n) is 12.8. The van der Waals surface area contributed by atoms with Gasteiger partial charge < -0.3 is 14.5 Å². The van der Waals surface area contributed by atoms with Crippen molar-refractivity contribution in [1.82, 2.24) is 15.1 Å². The molecule has 1 aromatic carbocycles. The first-order valence-electron chi connectivity index (χ1n) is 7.28. The molecule has 0 atom stereocenters. The number of rotatable bonds is 2. The summed E-state index contributed by atoms with van der Waals surface area (Å²) in [6.07, 6.45) is -0.384. The quantitative estimate of drug-likeness (QED) is 0.893. The second-order valence-electron chi connectivity index (χ2n) is 4.94. The highest BCUT2D eigenvalue weighted by Gasteiger charge is 2.25. The molecule has 1 N–H and O–H groups in total. The van der Waals surface area contributed by atoms with Gasteiger partial charge in [-0.25, -0.2) is 9.59 Å². The Morgan fingerprint density at radius 1 is 1.09 bits per heavy atom. The first-order chi connectivity index (χ1) is 11.0. The van der Waals surface area contributed by atoms with Crippen LogP contribution in [0.5, 0.6) is 0 Å². The smallest absolute Gasteiger partial charge is 0.409 e. The molecule has 1 aliphatic rings. The van der Waals surface area contributed by atoms with Crippen LogP contribution >= 0.6 is 11.6 Å². The fourth-order valence-corrected chi connectivity index (χ4v) is 2.28. The lowest BCUT2D eigenvalue weighted by Crippen LogP contribution is -2.54. The maximum absolute atomic E-state index is 12.1. The number of hydrogen-bond acceptors (Lipinski definition) is 4. The first-order valence-corrected chi connectivity index (χ1v) is 7.66. The molecule has 0 radical (unpaired) electrons. The maximum atomic E-state index is 12.1. The van der Waals surface area contributed by atoms with Gasteiger partial charge in [-0.15, -0.1) is 0 Å². The summed E-state index contributed by atoms with van der Waals surface area (Å²) in [5, 5.41) is 2.84. The molecule has 7 nitrogen and oxygen atoms in total. The van der Waals surface area contributed by atoms with Crippen molar-refractivity contribution < 1.29 is 19.1 Å². The number of hydrogen-bond donors (Lipinski definition) is 1. The number of urea groups is 1. The van der Waals surface area contributed by atoms with Crippen molar-refractivity contribution in [2.45, 2.75) is 6.92 Å². The van der Waals surface area contributed by atoms with Gasteiger partial charge >= 0.3 is 12.1 Å². The van der Waals surface area contributed by atoms with Crippen molar-refractivity contribution in [1.29, 1.82) is 0 Å². The van der Waals surface area contributed by atoms with Gasteiger partial charge in [-0.1, -0.05) is 11.6 Å². The SMILES string of the molecule is CCOC(=O)N1CCN(C(=O)NC(=O)c2ccc(Cl)cc2)CC1. The number of carbonyl (C=O) groups is 3. The summed E-state index contributed by atoms with van der Waals surface area (Å²) in [5.41, 5.74) is 0.355. The number of benzene rings is 1. The average Bonchev–Trinajstić information content (AvgIpc) is 2.55. The molecular weight excluding hydrogens is 322 g/mol. The van der Waals surface area contributed by atoms with E-state index in [0.717, 1.165) is 0 Å². The van der Waals surface area contributed by atoms with Crippen LogP contribution in [0.1, 0.15) is 17.3 Å². The molecule has 1 saturated heterocycles. The van der Waals surface area contributed by atoms with Crippen LogP contribution in [0.4, 0.5) is 9.59 Å². The molecule has 4 amide bonds. The van der Waals surface area contributed by atoms with E-state index >= 15 is 0 Å². The van der Waals surface area contributed by atoms with E-state index in [-0.39, 0.29) is 6.09 Å². The van der Waals surface area contributed by atoms with Crippen LogP contribution < -0.4 is 5.32 Å². The van der Waals surface area contributed by atoms with E-state index in [9.17, 15) is 14.4 Å². The Morgan fingerprint density at radius 3 is 2.22 bits per heavy atom. The Balaban J connectivity index is 1.84. The number of ether oxygens (including phenoxy) is 1. The third-order valence-electron chi connectivity index (χ3n) is 3.42. The largest absolute Gasteiger partial charge is 0.450 e. The summed E-state index contributed by atoms with van der Waals surface area (Å²) >= 11 is 5.76. The van der Waals surface area contributed by atoms with Gasteiger partial charge in [0, 0.05) is 36.8 Å². The van der Waals surface area contributed by atoms with Gasteiger partial charge in [0.25, 0.3) is 5.91 Å². The highest BCUT2D eigenvalue weighted by Crippen LogP contribution is 2.10. The fourth-order valence-electron chi connectivity index (χ4n) is 2.16. The number of piperazine rings is 1. The molecule has 1 aliphatic heterocycles. The van der Waals surface area contributed by atoms with Crippen LogP contribution in [0.25, 0.3) is 0 Å². The van der Waals surface area contributed by atoms with E-state index in [1.807, 2.05) is 0 Å². The molecule has 2 rings (SSSR count). The lowest BCUT2D eigenvalue weighted by Gasteiger charge is -2.33. The zero-order chi connectivity index (χ0) is 16.8. The van der Waals surface area contributed by atoms with Crippen LogP contribution in [0, 0.1) is 0 Å². The molecule has 0 unspecified atom stereocenters. The molecule has 0 aliphatic carbocycles. The predicted molar refractivity (Wildman–Crippen MR) is 84.5 cm³/mol. The number of nitrogens with zero attached hydrogens (tertiary/aromatic N) is 2. The summed E-state index contributed by atoms with van der Waals surface area (Å²) in [7, 11) is 0. The second kappa shape index (κ2) is 7.82. The van der Waals surface area contributed by atoms with Gasteiger partial charge in [0.2, 0.25) is 0 Å². The Morgan fingerprint density at radius 2 is 1.65 bits per heavy atom. The number of halogens is 1. The monoisotopic (exact) mass is 339 g/mol. The van der Waals surface area contributed by atoms with Gasteiger partial charge in [0.1, 0.15) is 0 Å². The van der Waals surface area contributed by atoms with E-state index in [1.54, 1.807) is 31.2 Å². The summed E-state index contributed by atoms with van der Waals surface area (Å²) < 4.78 is 4.91. The zero-order valence-corrected chi connectivity index (χ0v) is 13.5. The van der Waals surface area contributed by atoms with Crippen molar-refractivity contribution >= 4 is 29.6 Å². The van der Waals surface area contributed by atoms with Crippen LogP contribution in [-0.2, 0) is 4.74 Å². The summed E-state index contributed by atoms with van der Waals surface area (Å²) in [4.78, 5) is 38.7. The van der Waals surface area contributed by atoms with Crippen LogP contribution in [0.3, 0.4) is 0 Å². The normalized spacial score (nSPS) is 14.3. The Kier molecular flexibility index (Phi) is 5.81. The van der Waals surface area contributed by atoms with Crippen molar-refractivity contribution in [2.24, 2.45) is 0 Å². The molecule has 1 fully saturated rings. The highest BCUT2D eigenvalue weighted by atomic mass is 35.5. The molecule has 1 aromatic rings. The Labute approximate surface area is 139 Å². The lowest BCUT2D eigenvalue weighted by atomic mass is 10.2. The summed E-state index contributed by atoms with van der Waals surface area (Å²) in [5.74, 6) is -0.487. The molecule has 0 bridgehead atoms. The number of imide groups is 1. The van der Waals surface area contributed by atoms with Gasteiger partial charge in [-0.3, -0.25) is 10.1 Å². The maximum Gasteiger partial charge on any atom is 0.409 e. The highest BCUT2D eigenvalue weighted by molar-refractivity contribution is 6.30. The van der Waals surface area contributed by atoms with Crippen LogP contribution in [0.15, 0.2) is 24.3 Å². The van der Waals surface area contributed by atoms with Gasteiger partial charge in [0.05, 0.1) is 6.61 Å². The van der Waals surface area contributed by atoms with Gasteiger partial charge in [-0.2, -0.15) is 0 Å². The Hall–Kier alpha value is -2.28. The minimum absolute atomic E-state index is 0.315. The minimum Gasteiger partial charge on any atom is -0.450 e.